The summed E-state index contributed by atoms with van der Waals surface area (Å²) in [6.45, 7) is 0.710. The summed E-state index contributed by atoms with van der Waals surface area (Å²) in [5.74, 6) is 0.946. The molecular weight excluding hydrogens is 164 g/mol. The first-order chi connectivity index (χ1) is 6.24. The number of aromatic nitrogens is 2. The molecule has 1 rings (SSSR count). The third-order valence-corrected chi connectivity index (χ3v) is 1.80. The number of nitrogens with zero attached hydrogens (tertiary/aromatic N) is 3. The Morgan fingerprint density at radius 2 is 2.15 bits per heavy atom. The number of aryl methyl sites for hydroxylation is 1. The highest BCUT2D eigenvalue weighted by Crippen LogP contribution is 2.07. The summed E-state index contributed by atoms with van der Waals surface area (Å²) >= 11 is 0. The molecule has 0 atom stereocenters. The minimum Gasteiger partial charge on any atom is -0.363 e. The topological polar surface area (TPSA) is 55.0 Å². The molecule has 0 spiro atoms. The van der Waals surface area contributed by atoms with E-state index in [0.717, 1.165) is 24.4 Å². The summed E-state index contributed by atoms with van der Waals surface area (Å²) in [6, 6.07) is 2.00. The van der Waals surface area contributed by atoms with E-state index in [4.69, 9.17) is 5.73 Å². The van der Waals surface area contributed by atoms with Gasteiger partial charge in [-0.2, -0.15) is 0 Å². The highest BCUT2D eigenvalue weighted by molar-refractivity contribution is 5.36. The Morgan fingerprint density at radius 1 is 1.38 bits per heavy atom. The standard InChI is InChI=1S/C9H16N4/c1-13(2)9-6-8(4-3-5-10)11-7-12-9/h6-7H,3-5,10H2,1-2H3. The van der Waals surface area contributed by atoms with Gasteiger partial charge in [0.05, 0.1) is 0 Å². The van der Waals surface area contributed by atoms with Crippen LogP contribution in [-0.2, 0) is 6.42 Å². The molecule has 2 N–H and O–H groups in total. The van der Waals surface area contributed by atoms with Crippen LogP contribution in [0.15, 0.2) is 12.4 Å². The molecule has 72 valence electrons. The van der Waals surface area contributed by atoms with Crippen LogP contribution in [0.5, 0.6) is 0 Å². The van der Waals surface area contributed by atoms with Crippen molar-refractivity contribution in [1.29, 1.82) is 0 Å². The van der Waals surface area contributed by atoms with Crippen molar-refractivity contribution in [2.24, 2.45) is 5.73 Å². The Bertz CT molecular complexity index is 260. The molecule has 1 aromatic rings. The van der Waals surface area contributed by atoms with E-state index in [0.29, 0.717) is 6.54 Å². The SMILES string of the molecule is CN(C)c1cc(CCCN)ncn1. The number of anilines is 1. The van der Waals surface area contributed by atoms with E-state index in [1.165, 1.54) is 0 Å². The Labute approximate surface area is 78.8 Å². The smallest absolute Gasteiger partial charge is 0.131 e. The molecule has 0 amide bonds. The maximum atomic E-state index is 5.42. The van der Waals surface area contributed by atoms with Crippen LogP contribution >= 0.6 is 0 Å². The minimum atomic E-state index is 0.710. The Balaban J connectivity index is 2.68. The first-order valence-electron chi connectivity index (χ1n) is 4.42. The van der Waals surface area contributed by atoms with Crippen LogP contribution in [-0.4, -0.2) is 30.6 Å². The molecule has 0 radical (unpaired) electrons. The van der Waals surface area contributed by atoms with Crippen molar-refractivity contribution in [3.63, 3.8) is 0 Å². The van der Waals surface area contributed by atoms with E-state index in [9.17, 15) is 0 Å². The molecule has 0 unspecified atom stereocenters. The number of hydrogen-bond donors (Lipinski definition) is 1. The lowest BCUT2D eigenvalue weighted by molar-refractivity contribution is 0.804. The molecule has 0 aliphatic rings. The first-order valence-corrected chi connectivity index (χ1v) is 4.42. The average molecular weight is 180 g/mol. The molecule has 0 saturated carbocycles. The summed E-state index contributed by atoms with van der Waals surface area (Å²) in [5.41, 5.74) is 6.48. The normalized spacial score (nSPS) is 10.1. The van der Waals surface area contributed by atoms with Crippen molar-refractivity contribution < 1.29 is 0 Å². The maximum Gasteiger partial charge on any atom is 0.131 e. The molecule has 0 fully saturated rings. The second-order valence-corrected chi connectivity index (χ2v) is 3.15. The molecular formula is C9H16N4. The van der Waals surface area contributed by atoms with E-state index in [2.05, 4.69) is 9.97 Å². The van der Waals surface area contributed by atoms with Gasteiger partial charge in [-0.15, -0.1) is 0 Å². The highest BCUT2D eigenvalue weighted by Gasteiger charge is 1.99. The minimum absolute atomic E-state index is 0.710. The van der Waals surface area contributed by atoms with Gasteiger partial charge in [0.2, 0.25) is 0 Å². The maximum absolute atomic E-state index is 5.42. The van der Waals surface area contributed by atoms with Crippen molar-refractivity contribution in [1.82, 2.24) is 9.97 Å². The fraction of sp³-hybridized carbons (Fsp3) is 0.556. The lowest BCUT2D eigenvalue weighted by Crippen LogP contribution is -2.11. The molecule has 1 aromatic heterocycles. The number of nitrogens with two attached hydrogens (primary N) is 1. The van der Waals surface area contributed by atoms with Gasteiger partial charge in [-0.05, 0) is 19.4 Å². The zero-order valence-electron chi connectivity index (χ0n) is 8.20. The van der Waals surface area contributed by atoms with Crippen LogP contribution < -0.4 is 10.6 Å². The summed E-state index contributed by atoms with van der Waals surface area (Å²) in [5, 5.41) is 0. The van der Waals surface area contributed by atoms with Crippen molar-refractivity contribution in [2.45, 2.75) is 12.8 Å². The van der Waals surface area contributed by atoms with E-state index < -0.39 is 0 Å². The van der Waals surface area contributed by atoms with Crippen LogP contribution in [0.2, 0.25) is 0 Å². The zero-order valence-corrected chi connectivity index (χ0v) is 8.20. The largest absolute Gasteiger partial charge is 0.363 e. The fourth-order valence-electron chi connectivity index (χ4n) is 1.05. The third-order valence-electron chi connectivity index (χ3n) is 1.80. The first kappa shape index (κ1) is 9.92. The summed E-state index contributed by atoms with van der Waals surface area (Å²) < 4.78 is 0. The second kappa shape index (κ2) is 4.77. The molecule has 4 heteroatoms. The molecule has 0 aliphatic heterocycles. The molecule has 0 aromatic carbocycles. The van der Waals surface area contributed by atoms with Gasteiger partial charge in [0.25, 0.3) is 0 Å². The third kappa shape index (κ3) is 2.99. The molecule has 13 heavy (non-hydrogen) atoms. The summed E-state index contributed by atoms with van der Waals surface area (Å²) in [4.78, 5) is 10.3. The van der Waals surface area contributed by atoms with Gasteiger partial charge in [0, 0.05) is 25.9 Å². The van der Waals surface area contributed by atoms with Gasteiger partial charge >= 0.3 is 0 Å². The quantitative estimate of drug-likeness (QED) is 0.730. The predicted octanol–water partition coefficient (Wildman–Crippen LogP) is 0.434. The van der Waals surface area contributed by atoms with E-state index in [-0.39, 0.29) is 0 Å². The summed E-state index contributed by atoms with van der Waals surface area (Å²) in [7, 11) is 3.93. The van der Waals surface area contributed by atoms with Crippen LogP contribution in [0.25, 0.3) is 0 Å². The Kier molecular flexibility index (Phi) is 3.64. The zero-order chi connectivity index (χ0) is 9.68. The van der Waals surface area contributed by atoms with Crippen molar-refractivity contribution in [3.05, 3.63) is 18.1 Å². The van der Waals surface area contributed by atoms with Gasteiger partial charge in [0.1, 0.15) is 12.1 Å². The number of rotatable bonds is 4. The lowest BCUT2D eigenvalue weighted by atomic mass is 10.2. The Morgan fingerprint density at radius 3 is 2.77 bits per heavy atom. The van der Waals surface area contributed by atoms with Crippen molar-refractivity contribution >= 4 is 5.82 Å². The predicted molar refractivity (Wildman–Crippen MR) is 53.7 cm³/mol. The van der Waals surface area contributed by atoms with Crippen molar-refractivity contribution in [3.8, 4) is 0 Å². The summed E-state index contributed by atoms with van der Waals surface area (Å²) in [6.07, 6.45) is 3.50. The van der Waals surface area contributed by atoms with E-state index in [1.807, 2.05) is 25.1 Å². The average Bonchev–Trinajstić information content (AvgIpc) is 2.15. The fourth-order valence-corrected chi connectivity index (χ4v) is 1.05. The monoisotopic (exact) mass is 180 g/mol. The van der Waals surface area contributed by atoms with Gasteiger partial charge in [-0.1, -0.05) is 0 Å². The molecule has 1 heterocycles. The van der Waals surface area contributed by atoms with Crippen LogP contribution in [0.4, 0.5) is 5.82 Å². The lowest BCUT2D eigenvalue weighted by Gasteiger charge is -2.11. The molecule has 0 aliphatic carbocycles. The van der Waals surface area contributed by atoms with Gasteiger partial charge < -0.3 is 10.6 Å². The van der Waals surface area contributed by atoms with Gasteiger partial charge in [0.15, 0.2) is 0 Å². The van der Waals surface area contributed by atoms with E-state index >= 15 is 0 Å². The van der Waals surface area contributed by atoms with Crippen LogP contribution in [0.3, 0.4) is 0 Å². The molecule has 0 bridgehead atoms. The highest BCUT2D eigenvalue weighted by atomic mass is 15.1. The van der Waals surface area contributed by atoms with Gasteiger partial charge in [-0.3, -0.25) is 0 Å². The van der Waals surface area contributed by atoms with Crippen molar-refractivity contribution in [2.75, 3.05) is 25.5 Å². The molecule has 4 nitrogen and oxygen atoms in total. The van der Waals surface area contributed by atoms with Crippen LogP contribution in [0, 0.1) is 0 Å². The van der Waals surface area contributed by atoms with Crippen LogP contribution in [0.1, 0.15) is 12.1 Å². The second-order valence-electron chi connectivity index (χ2n) is 3.15. The Hall–Kier alpha value is -1.16. The molecule has 0 saturated heterocycles. The van der Waals surface area contributed by atoms with E-state index in [1.54, 1.807) is 6.33 Å². The van der Waals surface area contributed by atoms with Gasteiger partial charge in [-0.25, -0.2) is 9.97 Å². The number of hydrogen-bond acceptors (Lipinski definition) is 4.